The van der Waals surface area contributed by atoms with Crippen LogP contribution in [0.4, 0.5) is 5.69 Å². The van der Waals surface area contributed by atoms with E-state index in [1.165, 1.54) is 0 Å². The molecule has 0 spiro atoms. The maximum Gasteiger partial charge on any atom is 0.205 e. The smallest absolute Gasteiger partial charge is 0.205 e. The van der Waals surface area contributed by atoms with Gasteiger partial charge in [0.15, 0.2) is 0 Å². The van der Waals surface area contributed by atoms with Crippen LogP contribution in [-0.2, 0) is 0 Å². The molecular formula is C7H4ClN. The number of nitrogens with zero attached hydrogens (tertiary/aromatic N) is 1. The Balaban J connectivity index is 3.20. The molecule has 0 fully saturated rings. The van der Waals surface area contributed by atoms with Gasteiger partial charge in [0.1, 0.15) is 0 Å². The van der Waals surface area contributed by atoms with Gasteiger partial charge in [-0.15, -0.1) is 0 Å². The van der Waals surface area contributed by atoms with Crippen LogP contribution >= 0.6 is 11.6 Å². The molecular weight excluding hydrogens is 134 g/mol. The molecule has 9 heavy (non-hydrogen) atoms. The van der Waals surface area contributed by atoms with Crippen molar-refractivity contribution in [3.05, 3.63) is 40.7 Å². The molecule has 0 aliphatic rings. The molecule has 0 radical (unpaired) electrons. The molecule has 0 bridgehead atoms. The lowest BCUT2D eigenvalue weighted by Gasteiger charge is -1.88. The Bertz CT molecular complexity index is 249. The molecule has 1 aromatic rings. The van der Waals surface area contributed by atoms with Crippen molar-refractivity contribution in [2.45, 2.75) is 0 Å². The summed E-state index contributed by atoms with van der Waals surface area (Å²) in [5.41, 5.74) is 0.513. The molecule has 0 atom stereocenters. The van der Waals surface area contributed by atoms with E-state index in [0.717, 1.165) is 0 Å². The first-order chi connectivity index (χ1) is 4.34. The number of rotatable bonds is 0. The highest BCUT2D eigenvalue weighted by molar-refractivity contribution is 6.33. The quantitative estimate of drug-likeness (QED) is 0.485. The lowest BCUT2D eigenvalue weighted by Crippen LogP contribution is -1.60. The normalized spacial score (nSPS) is 8.44. The lowest BCUT2D eigenvalue weighted by atomic mass is 10.3. The molecule has 44 valence electrons. The average molecular weight is 138 g/mol. The zero-order valence-corrected chi connectivity index (χ0v) is 5.39. The van der Waals surface area contributed by atoms with Crippen LogP contribution in [0.3, 0.4) is 0 Å². The summed E-state index contributed by atoms with van der Waals surface area (Å²) < 4.78 is 0. The van der Waals surface area contributed by atoms with Crippen molar-refractivity contribution in [2.75, 3.05) is 0 Å². The Hall–Kier alpha value is -1.00. The van der Waals surface area contributed by atoms with Gasteiger partial charge in [-0.2, -0.15) is 0 Å². The predicted molar refractivity (Wildman–Crippen MR) is 37.7 cm³/mol. The van der Waals surface area contributed by atoms with Crippen LogP contribution in [0.25, 0.3) is 4.85 Å². The van der Waals surface area contributed by atoms with Gasteiger partial charge in [-0.3, -0.25) is 0 Å². The van der Waals surface area contributed by atoms with E-state index in [1.807, 2.05) is 0 Å². The van der Waals surface area contributed by atoms with Gasteiger partial charge in [-0.05, 0) is 0 Å². The van der Waals surface area contributed by atoms with Crippen LogP contribution in [0, 0.1) is 6.57 Å². The largest absolute Gasteiger partial charge is 0.237 e. The summed E-state index contributed by atoms with van der Waals surface area (Å²) in [6.07, 6.45) is 0. The minimum absolute atomic E-state index is 0.513. The topological polar surface area (TPSA) is 4.36 Å². The maximum atomic E-state index is 6.63. The van der Waals surface area contributed by atoms with Crippen molar-refractivity contribution >= 4 is 17.3 Å². The molecule has 0 heterocycles. The third-order valence-electron chi connectivity index (χ3n) is 0.973. The van der Waals surface area contributed by atoms with E-state index < -0.39 is 0 Å². The van der Waals surface area contributed by atoms with E-state index in [1.54, 1.807) is 24.3 Å². The summed E-state index contributed by atoms with van der Waals surface area (Å²) in [6.45, 7) is 6.63. The second-order valence-electron chi connectivity index (χ2n) is 1.56. The second-order valence-corrected chi connectivity index (χ2v) is 1.97. The predicted octanol–water partition coefficient (Wildman–Crippen LogP) is 2.89. The molecule has 0 aromatic heterocycles. The third kappa shape index (κ3) is 1.22. The minimum atomic E-state index is 0.513. The Morgan fingerprint density at radius 2 is 2.00 bits per heavy atom. The molecule has 0 saturated heterocycles. The Kier molecular flexibility index (Phi) is 1.72. The van der Waals surface area contributed by atoms with E-state index >= 15 is 0 Å². The number of benzene rings is 1. The van der Waals surface area contributed by atoms with Gasteiger partial charge in [-0.1, -0.05) is 35.9 Å². The van der Waals surface area contributed by atoms with E-state index in [4.69, 9.17) is 18.2 Å². The Morgan fingerprint density at radius 3 is 2.44 bits per heavy atom. The summed E-state index contributed by atoms with van der Waals surface area (Å²) >= 11 is 5.61. The van der Waals surface area contributed by atoms with Crippen LogP contribution in [0.2, 0.25) is 5.02 Å². The summed E-state index contributed by atoms with van der Waals surface area (Å²) in [7, 11) is 0. The summed E-state index contributed by atoms with van der Waals surface area (Å²) in [4.78, 5) is 3.19. The van der Waals surface area contributed by atoms with Gasteiger partial charge >= 0.3 is 0 Å². The average Bonchev–Trinajstić information content (AvgIpc) is 1.89. The Labute approximate surface area is 58.7 Å². The van der Waals surface area contributed by atoms with Gasteiger partial charge < -0.3 is 0 Å². The highest BCUT2D eigenvalue weighted by atomic mass is 35.5. The van der Waals surface area contributed by atoms with Crippen molar-refractivity contribution < 1.29 is 0 Å². The van der Waals surface area contributed by atoms with Crippen LogP contribution in [-0.4, -0.2) is 0 Å². The highest BCUT2D eigenvalue weighted by Gasteiger charge is 1.93. The van der Waals surface area contributed by atoms with Gasteiger partial charge in [0.25, 0.3) is 0 Å². The first-order valence-corrected chi connectivity index (χ1v) is 2.84. The molecule has 0 N–H and O–H groups in total. The van der Waals surface area contributed by atoms with Crippen LogP contribution in [0.15, 0.2) is 24.3 Å². The highest BCUT2D eigenvalue weighted by Crippen LogP contribution is 2.22. The van der Waals surface area contributed by atoms with E-state index in [9.17, 15) is 0 Å². The number of hydrogen-bond donors (Lipinski definition) is 0. The van der Waals surface area contributed by atoms with E-state index in [0.29, 0.717) is 10.7 Å². The van der Waals surface area contributed by atoms with E-state index in [2.05, 4.69) is 4.85 Å². The first kappa shape index (κ1) is 6.12. The van der Waals surface area contributed by atoms with Gasteiger partial charge in [0.2, 0.25) is 5.69 Å². The molecule has 1 aromatic carbocycles. The number of hydrogen-bond acceptors (Lipinski definition) is 0. The zero-order chi connectivity index (χ0) is 6.69. The van der Waals surface area contributed by atoms with Crippen molar-refractivity contribution in [2.24, 2.45) is 0 Å². The molecule has 0 unspecified atom stereocenters. The van der Waals surface area contributed by atoms with Crippen molar-refractivity contribution in [3.8, 4) is 0 Å². The SMILES string of the molecule is [C-]#[N+]c1ccccc1Cl. The molecule has 1 rings (SSSR count). The molecule has 0 amide bonds. The third-order valence-corrected chi connectivity index (χ3v) is 1.29. The van der Waals surface area contributed by atoms with Crippen molar-refractivity contribution in [3.63, 3.8) is 0 Å². The molecule has 1 nitrogen and oxygen atoms in total. The second kappa shape index (κ2) is 2.52. The molecule has 0 aliphatic carbocycles. The maximum absolute atomic E-state index is 6.63. The fourth-order valence-corrected chi connectivity index (χ4v) is 0.720. The number of halogens is 1. The standard InChI is InChI=1S/C7H4ClN/c1-9-7-5-3-2-4-6(7)8/h2-5H. The van der Waals surface area contributed by atoms with Crippen LogP contribution < -0.4 is 0 Å². The Morgan fingerprint density at radius 1 is 1.33 bits per heavy atom. The van der Waals surface area contributed by atoms with Crippen LogP contribution in [0.1, 0.15) is 0 Å². The fraction of sp³-hybridized carbons (Fsp3) is 0. The van der Waals surface area contributed by atoms with Gasteiger partial charge in [-0.25, -0.2) is 4.85 Å². The summed E-state index contributed by atoms with van der Waals surface area (Å²) in [5, 5.41) is 0.521. The summed E-state index contributed by atoms with van der Waals surface area (Å²) in [6, 6.07) is 6.99. The van der Waals surface area contributed by atoms with E-state index in [-0.39, 0.29) is 0 Å². The zero-order valence-electron chi connectivity index (χ0n) is 4.63. The number of para-hydroxylation sites is 1. The van der Waals surface area contributed by atoms with Crippen LogP contribution in [0.5, 0.6) is 0 Å². The summed E-state index contributed by atoms with van der Waals surface area (Å²) in [5.74, 6) is 0. The fourth-order valence-electron chi connectivity index (χ4n) is 0.542. The van der Waals surface area contributed by atoms with Gasteiger partial charge in [0, 0.05) is 5.02 Å². The minimum Gasteiger partial charge on any atom is -0.237 e. The van der Waals surface area contributed by atoms with Crippen molar-refractivity contribution in [1.29, 1.82) is 0 Å². The van der Waals surface area contributed by atoms with Crippen molar-refractivity contribution in [1.82, 2.24) is 0 Å². The molecule has 0 aliphatic heterocycles. The van der Waals surface area contributed by atoms with Gasteiger partial charge in [0.05, 0.1) is 6.57 Å². The lowest BCUT2D eigenvalue weighted by molar-refractivity contribution is 1.72. The monoisotopic (exact) mass is 137 g/mol. The molecule has 0 saturated carbocycles. The first-order valence-electron chi connectivity index (χ1n) is 2.46. The molecule has 2 heteroatoms.